The Hall–Kier alpha value is -1.77. The molecule has 1 aromatic carbocycles. The van der Waals surface area contributed by atoms with E-state index in [1.54, 1.807) is 4.90 Å². The first-order valence-corrected chi connectivity index (χ1v) is 4.94. The van der Waals surface area contributed by atoms with Gasteiger partial charge >= 0.3 is 6.09 Å². The molecule has 1 fully saturated rings. The van der Waals surface area contributed by atoms with Crippen molar-refractivity contribution in [2.75, 3.05) is 13.2 Å². The number of allylic oxidation sites excluding steroid dienone is 1. The second-order valence-corrected chi connectivity index (χ2v) is 3.49. The first kappa shape index (κ1) is 9.77. The third-order valence-corrected chi connectivity index (χ3v) is 2.37. The van der Waals surface area contributed by atoms with Gasteiger partial charge in [-0.1, -0.05) is 30.3 Å². The molecule has 15 heavy (non-hydrogen) atoms. The predicted octanol–water partition coefficient (Wildman–Crippen LogP) is 2.50. The van der Waals surface area contributed by atoms with Gasteiger partial charge in [0, 0.05) is 6.20 Å². The van der Waals surface area contributed by atoms with Crippen LogP contribution in [0.1, 0.15) is 12.5 Å². The Morgan fingerprint density at radius 3 is 2.73 bits per heavy atom. The van der Waals surface area contributed by atoms with E-state index < -0.39 is 0 Å². The van der Waals surface area contributed by atoms with E-state index >= 15 is 0 Å². The summed E-state index contributed by atoms with van der Waals surface area (Å²) in [5, 5.41) is 0. The quantitative estimate of drug-likeness (QED) is 0.739. The lowest BCUT2D eigenvalue weighted by molar-refractivity contribution is 0.166. The van der Waals surface area contributed by atoms with Crippen LogP contribution in [0.3, 0.4) is 0 Å². The Morgan fingerprint density at radius 1 is 1.40 bits per heavy atom. The largest absolute Gasteiger partial charge is 0.447 e. The molecule has 0 unspecified atom stereocenters. The number of ether oxygens (including phenoxy) is 1. The van der Waals surface area contributed by atoms with Gasteiger partial charge in [0.1, 0.15) is 6.61 Å². The lowest BCUT2D eigenvalue weighted by atomic mass is 10.1. The summed E-state index contributed by atoms with van der Waals surface area (Å²) in [5.41, 5.74) is 2.19. The van der Waals surface area contributed by atoms with Crippen LogP contribution in [0.4, 0.5) is 4.79 Å². The maximum Gasteiger partial charge on any atom is 0.413 e. The molecule has 1 aliphatic rings. The Labute approximate surface area is 89.0 Å². The van der Waals surface area contributed by atoms with Crippen molar-refractivity contribution in [3.8, 4) is 0 Å². The van der Waals surface area contributed by atoms with Gasteiger partial charge in [0.25, 0.3) is 0 Å². The van der Waals surface area contributed by atoms with E-state index in [9.17, 15) is 4.79 Å². The van der Waals surface area contributed by atoms with Crippen LogP contribution in [-0.2, 0) is 4.74 Å². The van der Waals surface area contributed by atoms with Gasteiger partial charge in [0.15, 0.2) is 0 Å². The number of rotatable bonds is 2. The lowest BCUT2D eigenvalue weighted by Crippen LogP contribution is -2.17. The number of benzene rings is 1. The molecule has 3 heteroatoms. The van der Waals surface area contributed by atoms with Crippen molar-refractivity contribution in [3.63, 3.8) is 0 Å². The van der Waals surface area contributed by atoms with E-state index in [4.69, 9.17) is 4.74 Å². The fourth-order valence-electron chi connectivity index (χ4n) is 1.53. The summed E-state index contributed by atoms with van der Waals surface area (Å²) in [6.07, 6.45) is 1.58. The summed E-state index contributed by atoms with van der Waals surface area (Å²) in [6.45, 7) is 3.11. The SMILES string of the molecule is C/C(=C\N1CCOC1=O)c1ccccc1. The maximum absolute atomic E-state index is 11.2. The van der Waals surface area contributed by atoms with E-state index in [-0.39, 0.29) is 6.09 Å². The van der Waals surface area contributed by atoms with Gasteiger partial charge in [-0.25, -0.2) is 4.79 Å². The molecule has 1 amide bonds. The minimum atomic E-state index is -0.259. The zero-order chi connectivity index (χ0) is 10.7. The second-order valence-electron chi connectivity index (χ2n) is 3.49. The monoisotopic (exact) mass is 203 g/mol. The number of hydrogen-bond donors (Lipinski definition) is 0. The highest BCUT2D eigenvalue weighted by Crippen LogP contribution is 2.15. The van der Waals surface area contributed by atoms with Crippen LogP contribution in [0.2, 0.25) is 0 Å². The minimum absolute atomic E-state index is 0.259. The molecule has 1 aliphatic heterocycles. The molecule has 0 N–H and O–H groups in total. The molecular weight excluding hydrogens is 190 g/mol. The fourth-order valence-corrected chi connectivity index (χ4v) is 1.53. The van der Waals surface area contributed by atoms with E-state index in [0.717, 1.165) is 11.1 Å². The molecule has 2 rings (SSSR count). The van der Waals surface area contributed by atoms with Gasteiger partial charge in [0.05, 0.1) is 6.54 Å². The van der Waals surface area contributed by atoms with Crippen LogP contribution in [0.15, 0.2) is 36.5 Å². The van der Waals surface area contributed by atoms with Crippen molar-refractivity contribution in [2.24, 2.45) is 0 Å². The standard InChI is InChI=1S/C12H13NO2/c1-10(11-5-3-2-4-6-11)9-13-7-8-15-12(13)14/h2-6,9H,7-8H2,1H3/b10-9+. The van der Waals surface area contributed by atoms with Crippen molar-refractivity contribution < 1.29 is 9.53 Å². The number of nitrogens with zero attached hydrogens (tertiary/aromatic N) is 1. The zero-order valence-electron chi connectivity index (χ0n) is 8.64. The highest BCUT2D eigenvalue weighted by atomic mass is 16.6. The van der Waals surface area contributed by atoms with Crippen LogP contribution >= 0.6 is 0 Å². The topological polar surface area (TPSA) is 29.5 Å². The van der Waals surface area contributed by atoms with Gasteiger partial charge in [-0.3, -0.25) is 4.90 Å². The van der Waals surface area contributed by atoms with Gasteiger partial charge in [-0.2, -0.15) is 0 Å². The fraction of sp³-hybridized carbons (Fsp3) is 0.250. The molecule has 0 saturated carbocycles. The van der Waals surface area contributed by atoms with Crippen molar-refractivity contribution in [1.82, 2.24) is 4.90 Å². The first-order valence-electron chi connectivity index (χ1n) is 4.94. The number of amides is 1. The summed E-state index contributed by atoms with van der Waals surface area (Å²) in [6, 6.07) is 9.98. The molecule has 3 nitrogen and oxygen atoms in total. The van der Waals surface area contributed by atoms with Gasteiger partial charge in [0.2, 0.25) is 0 Å². The number of cyclic esters (lactones) is 1. The summed E-state index contributed by atoms with van der Waals surface area (Å²) < 4.78 is 4.84. The molecular formula is C12H13NO2. The second kappa shape index (κ2) is 4.17. The number of hydrogen-bond acceptors (Lipinski definition) is 2. The van der Waals surface area contributed by atoms with Crippen LogP contribution < -0.4 is 0 Å². The van der Waals surface area contributed by atoms with Gasteiger partial charge < -0.3 is 4.74 Å². The molecule has 0 spiro atoms. The Kier molecular flexibility index (Phi) is 2.72. The van der Waals surface area contributed by atoms with E-state index in [2.05, 4.69) is 0 Å². The predicted molar refractivity (Wildman–Crippen MR) is 58.1 cm³/mol. The minimum Gasteiger partial charge on any atom is -0.447 e. The zero-order valence-corrected chi connectivity index (χ0v) is 8.64. The molecule has 1 saturated heterocycles. The van der Waals surface area contributed by atoms with Gasteiger partial charge in [-0.05, 0) is 18.1 Å². The molecule has 0 radical (unpaired) electrons. The van der Waals surface area contributed by atoms with Crippen molar-refractivity contribution in [1.29, 1.82) is 0 Å². The molecule has 0 atom stereocenters. The average Bonchev–Trinajstić information content (AvgIpc) is 2.66. The lowest BCUT2D eigenvalue weighted by Gasteiger charge is -2.08. The van der Waals surface area contributed by atoms with Crippen molar-refractivity contribution in [3.05, 3.63) is 42.1 Å². The number of carbonyl (C=O) groups excluding carboxylic acids is 1. The number of carbonyl (C=O) groups is 1. The molecule has 0 aliphatic carbocycles. The summed E-state index contributed by atoms with van der Waals surface area (Å²) in [4.78, 5) is 12.8. The summed E-state index contributed by atoms with van der Waals surface area (Å²) in [5.74, 6) is 0. The summed E-state index contributed by atoms with van der Waals surface area (Å²) in [7, 11) is 0. The Bertz CT molecular complexity index is 384. The molecule has 1 aromatic rings. The molecule has 1 heterocycles. The Balaban J connectivity index is 2.17. The van der Waals surface area contributed by atoms with Crippen molar-refractivity contribution >= 4 is 11.7 Å². The highest BCUT2D eigenvalue weighted by Gasteiger charge is 2.19. The molecule has 0 bridgehead atoms. The third kappa shape index (κ3) is 2.18. The van der Waals surface area contributed by atoms with Crippen LogP contribution in [-0.4, -0.2) is 24.1 Å². The van der Waals surface area contributed by atoms with Gasteiger partial charge in [-0.15, -0.1) is 0 Å². The third-order valence-electron chi connectivity index (χ3n) is 2.37. The normalized spacial score (nSPS) is 16.7. The average molecular weight is 203 g/mol. The Morgan fingerprint density at radius 2 is 2.13 bits per heavy atom. The van der Waals surface area contributed by atoms with Crippen molar-refractivity contribution in [2.45, 2.75) is 6.92 Å². The maximum atomic E-state index is 11.2. The van der Waals surface area contributed by atoms with E-state index in [0.29, 0.717) is 13.2 Å². The summed E-state index contributed by atoms with van der Waals surface area (Å²) >= 11 is 0. The van der Waals surface area contributed by atoms with E-state index in [1.807, 2.05) is 43.5 Å². The molecule has 78 valence electrons. The molecule has 0 aromatic heterocycles. The van der Waals surface area contributed by atoms with Crippen LogP contribution in [0.25, 0.3) is 5.57 Å². The van der Waals surface area contributed by atoms with E-state index in [1.165, 1.54) is 0 Å². The smallest absolute Gasteiger partial charge is 0.413 e. The van der Waals surface area contributed by atoms with Crippen LogP contribution in [0.5, 0.6) is 0 Å². The highest BCUT2D eigenvalue weighted by molar-refractivity contribution is 5.74. The first-order chi connectivity index (χ1) is 7.27. The van der Waals surface area contributed by atoms with Crippen LogP contribution in [0, 0.1) is 0 Å².